The Balaban J connectivity index is 1.05. The average Bonchev–Trinajstić information content (AvgIpc) is 3.83. The number of benzene rings is 8. The fourth-order valence-corrected chi connectivity index (χ4v) is 8.23. The van der Waals surface area contributed by atoms with E-state index < -0.39 is 0 Å². The van der Waals surface area contributed by atoms with E-state index in [1.54, 1.807) is 0 Å². The third kappa shape index (κ3) is 5.32. The standard InChI is InChI=1S/C51H34N4O/c1-4-14-33(15-5-1)34-26-28-36(29-27-34)50-52-49(35-16-6-2-7-17-35)53-51(54-50)42-23-12-22-41-47-39(21-13-25-46(47)56-48(41)42)37-30-31-45-43(32-37)40-20-10-11-24-44(40)55(45)38-18-8-3-9-19-38/h1-32,50H,(H,52,53,54). The second-order valence-corrected chi connectivity index (χ2v) is 14.2. The normalized spacial score (nSPS) is 14.2. The first-order chi connectivity index (χ1) is 27.8. The fraction of sp³-hybridized carbons (Fsp3) is 0.0196. The summed E-state index contributed by atoms with van der Waals surface area (Å²) in [6.07, 6.45) is -0.345. The Morgan fingerprint density at radius 1 is 0.482 bits per heavy atom. The lowest BCUT2D eigenvalue weighted by Gasteiger charge is -2.24. The summed E-state index contributed by atoms with van der Waals surface area (Å²) in [6.45, 7) is 0. The first kappa shape index (κ1) is 32.0. The summed E-state index contributed by atoms with van der Waals surface area (Å²) < 4.78 is 9.14. The van der Waals surface area contributed by atoms with Gasteiger partial charge in [0.25, 0.3) is 0 Å². The van der Waals surface area contributed by atoms with E-state index in [-0.39, 0.29) is 6.17 Å². The molecule has 1 unspecified atom stereocenters. The molecule has 1 N–H and O–H groups in total. The molecule has 8 aromatic carbocycles. The molecular formula is C51H34N4O. The van der Waals surface area contributed by atoms with Crippen molar-refractivity contribution in [2.75, 3.05) is 0 Å². The molecule has 0 aliphatic carbocycles. The van der Waals surface area contributed by atoms with Crippen LogP contribution in [0.4, 0.5) is 0 Å². The van der Waals surface area contributed by atoms with Crippen molar-refractivity contribution in [3.8, 4) is 27.9 Å². The number of amidine groups is 2. The molecule has 0 saturated heterocycles. The van der Waals surface area contributed by atoms with Gasteiger partial charge in [0.2, 0.25) is 0 Å². The topological polar surface area (TPSA) is 54.8 Å². The highest BCUT2D eigenvalue weighted by molar-refractivity contribution is 6.21. The van der Waals surface area contributed by atoms with Crippen molar-refractivity contribution in [3.63, 3.8) is 0 Å². The molecule has 0 spiro atoms. The maximum atomic E-state index is 6.79. The molecule has 0 bridgehead atoms. The van der Waals surface area contributed by atoms with Crippen molar-refractivity contribution in [2.24, 2.45) is 9.98 Å². The molecule has 0 amide bonds. The van der Waals surface area contributed by atoms with Crippen LogP contribution in [0.15, 0.2) is 209 Å². The third-order valence-electron chi connectivity index (χ3n) is 10.9. The summed E-state index contributed by atoms with van der Waals surface area (Å²) in [5.41, 5.74) is 12.6. The molecule has 1 atom stereocenters. The largest absolute Gasteiger partial charge is 0.455 e. The third-order valence-corrected chi connectivity index (χ3v) is 10.9. The second kappa shape index (κ2) is 13.1. The summed E-state index contributed by atoms with van der Waals surface area (Å²) >= 11 is 0. The second-order valence-electron chi connectivity index (χ2n) is 14.2. The number of furan rings is 1. The van der Waals surface area contributed by atoms with Gasteiger partial charge in [0, 0.05) is 32.8 Å². The van der Waals surface area contributed by atoms with E-state index in [4.69, 9.17) is 14.4 Å². The van der Waals surface area contributed by atoms with Crippen molar-refractivity contribution in [1.82, 2.24) is 9.88 Å². The number of hydrogen-bond donors (Lipinski definition) is 1. The van der Waals surface area contributed by atoms with Crippen LogP contribution in [0.5, 0.6) is 0 Å². The van der Waals surface area contributed by atoms with Gasteiger partial charge in [0.05, 0.1) is 16.6 Å². The maximum Gasteiger partial charge on any atom is 0.163 e. The van der Waals surface area contributed by atoms with Crippen LogP contribution in [0.1, 0.15) is 22.9 Å². The Morgan fingerprint density at radius 2 is 1.11 bits per heavy atom. The Hall–Kier alpha value is -7.50. The van der Waals surface area contributed by atoms with Crippen molar-refractivity contribution in [1.29, 1.82) is 0 Å². The highest BCUT2D eigenvalue weighted by Gasteiger charge is 2.24. The number of fused-ring (bicyclic) bond motifs is 6. The number of aromatic nitrogens is 1. The summed E-state index contributed by atoms with van der Waals surface area (Å²) in [4.78, 5) is 10.4. The van der Waals surface area contributed by atoms with Gasteiger partial charge in [-0.05, 0) is 70.3 Å². The smallest absolute Gasteiger partial charge is 0.163 e. The molecule has 1 aliphatic rings. The molecule has 0 saturated carbocycles. The molecule has 2 aromatic heterocycles. The number of nitrogens with one attached hydrogen (secondary N) is 1. The van der Waals surface area contributed by atoms with E-state index in [9.17, 15) is 0 Å². The molecular weight excluding hydrogens is 685 g/mol. The van der Waals surface area contributed by atoms with Crippen molar-refractivity contribution >= 4 is 55.4 Å². The molecule has 1 aliphatic heterocycles. The van der Waals surface area contributed by atoms with E-state index in [2.05, 4.69) is 180 Å². The lowest BCUT2D eigenvalue weighted by molar-refractivity contribution is 0.663. The van der Waals surface area contributed by atoms with Gasteiger partial charge in [0.15, 0.2) is 5.84 Å². The zero-order valence-corrected chi connectivity index (χ0v) is 30.3. The minimum Gasteiger partial charge on any atom is -0.455 e. The van der Waals surface area contributed by atoms with E-state index >= 15 is 0 Å². The minimum absolute atomic E-state index is 0.345. The van der Waals surface area contributed by atoms with E-state index in [0.717, 1.165) is 66.8 Å². The summed E-state index contributed by atoms with van der Waals surface area (Å²) in [5, 5.41) is 8.16. The van der Waals surface area contributed by atoms with Crippen molar-refractivity contribution in [3.05, 3.63) is 211 Å². The van der Waals surface area contributed by atoms with Crippen LogP contribution in [0.25, 0.3) is 71.7 Å². The van der Waals surface area contributed by atoms with Crippen LogP contribution in [-0.2, 0) is 0 Å². The summed E-state index contributed by atoms with van der Waals surface area (Å²) in [7, 11) is 0. The molecule has 0 fully saturated rings. The maximum absolute atomic E-state index is 6.79. The Labute approximate surface area is 323 Å². The monoisotopic (exact) mass is 718 g/mol. The number of aliphatic imine (C=N–C) groups is 2. The lowest BCUT2D eigenvalue weighted by atomic mass is 9.97. The van der Waals surface area contributed by atoms with Crippen molar-refractivity contribution < 1.29 is 4.42 Å². The Morgan fingerprint density at radius 3 is 1.91 bits per heavy atom. The highest BCUT2D eigenvalue weighted by atomic mass is 16.3. The van der Waals surface area contributed by atoms with Crippen molar-refractivity contribution in [2.45, 2.75) is 6.17 Å². The van der Waals surface area contributed by atoms with Crippen LogP contribution in [0.2, 0.25) is 0 Å². The van der Waals surface area contributed by atoms with Gasteiger partial charge in [-0.2, -0.15) is 0 Å². The van der Waals surface area contributed by atoms with Gasteiger partial charge in [-0.15, -0.1) is 0 Å². The number of nitrogens with zero attached hydrogens (tertiary/aromatic N) is 3. The lowest BCUT2D eigenvalue weighted by Crippen LogP contribution is -2.33. The van der Waals surface area contributed by atoms with Crippen LogP contribution >= 0.6 is 0 Å². The van der Waals surface area contributed by atoms with Gasteiger partial charge < -0.3 is 14.3 Å². The molecule has 10 aromatic rings. The van der Waals surface area contributed by atoms with Gasteiger partial charge >= 0.3 is 0 Å². The Bertz CT molecular complexity index is 3140. The van der Waals surface area contributed by atoms with Crippen LogP contribution in [-0.4, -0.2) is 16.2 Å². The van der Waals surface area contributed by atoms with E-state index in [1.807, 2.05) is 24.3 Å². The average molecular weight is 719 g/mol. The first-order valence-electron chi connectivity index (χ1n) is 18.9. The molecule has 5 heteroatoms. The summed E-state index contributed by atoms with van der Waals surface area (Å²) in [6, 6.07) is 68.0. The molecule has 56 heavy (non-hydrogen) atoms. The number of para-hydroxylation sites is 3. The van der Waals surface area contributed by atoms with Gasteiger partial charge in [-0.1, -0.05) is 152 Å². The number of rotatable bonds is 6. The number of hydrogen-bond acceptors (Lipinski definition) is 4. The highest BCUT2D eigenvalue weighted by Crippen LogP contribution is 2.41. The molecule has 11 rings (SSSR count). The molecule has 0 radical (unpaired) electrons. The fourth-order valence-electron chi connectivity index (χ4n) is 8.23. The van der Waals surface area contributed by atoms with E-state index in [0.29, 0.717) is 5.84 Å². The predicted octanol–water partition coefficient (Wildman–Crippen LogP) is 12.5. The SMILES string of the molecule is c1ccc(C2=NC(c3cccc4c3oc3cccc(-c5ccc6c(c5)c5ccccc5n6-c5ccccc5)c34)=NC(c3ccc(-c4ccccc4)cc3)N2)cc1. The minimum atomic E-state index is -0.345. The van der Waals surface area contributed by atoms with Gasteiger partial charge in [-0.3, -0.25) is 0 Å². The van der Waals surface area contributed by atoms with Gasteiger partial charge in [0.1, 0.15) is 23.2 Å². The van der Waals surface area contributed by atoms with Gasteiger partial charge in [-0.25, -0.2) is 9.98 Å². The van der Waals surface area contributed by atoms with Crippen LogP contribution in [0.3, 0.4) is 0 Å². The Kier molecular flexibility index (Phi) is 7.49. The molecule has 3 heterocycles. The molecule has 5 nitrogen and oxygen atoms in total. The first-order valence-corrected chi connectivity index (χ1v) is 18.9. The van der Waals surface area contributed by atoms with Crippen LogP contribution < -0.4 is 5.32 Å². The van der Waals surface area contributed by atoms with E-state index in [1.165, 1.54) is 27.4 Å². The zero-order valence-electron chi connectivity index (χ0n) is 30.3. The summed E-state index contributed by atoms with van der Waals surface area (Å²) in [5.74, 6) is 1.39. The predicted molar refractivity (Wildman–Crippen MR) is 231 cm³/mol. The zero-order chi connectivity index (χ0) is 37.0. The molecule has 264 valence electrons. The quantitative estimate of drug-likeness (QED) is 0.186. The van der Waals surface area contributed by atoms with Crippen LogP contribution in [0, 0.1) is 0 Å².